The van der Waals surface area contributed by atoms with Crippen molar-refractivity contribution in [1.29, 1.82) is 0 Å². The zero-order valence-electron chi connectivity index (χ0n) is 18.4. The molecule has 0 amide bonds. The number of pyridine rings is 1. The van der Waals surface area contributed by atoms with Gasteiger partial charge < -0.3 is 9.47 Å². The minimum atomic E-state index is -0.153. The first-order valence-electron chi connectivity index (χ1n) is 11.8. The number of carbonyl (C=O) groups excluding carboxylic acids is 1. The zero-order chi connectivity index (χ0) is 20.7. The lowest BCUT2D eigenvalue weighted by Crippen LogP contribution is -2.58. The van der Waals surface area contributed by atoms with Gasteiger partial charge in [0.15, 0.2) is 0 Å². The van der Waals surface area contributed by atoms with Gasteiger partial charge in [-0.3, -0.25) is 9.78 Å². The molecular formula is C26H33NO3. The van der Waals surface area contributed by atoms with Crippen LogP contribution in [0, 0.1) is 28.6 Å². The zero-order valence-corrected chi connectivity index (χ0v) is 18.4. The maximum atomic E-state index is 11.5. The average Bonchev–Trinajstić information content (AvgIpc) is 3.29. The molecular weight excluding hydrogens is 374 g/mol. The SMILES string of the molecule is CC(=O)OC1CC[C@]2(C)C3CC[C@]4(C)C(c5cccnc5)=CCC4C3CC3OC32C1. The maximum Gasteiger partial charge on any atom is 0.302 e. The highest BCUT2D eigenvalue weighted by atomic mass is 16.6. The van der Waals surface area contributed by atoms with Gasteiger partial charge in [0.2, 0.25) is 0 Å². The highest BCUT2D eigenvalue weighted by Crippen LogP contribution is 2.74. The number of aromatic nitrogens is 1. The summed E-state index contributed by atoms with van der Waals surface area (Å²) in [5, 5.41) is 0. The van der Waals surface area contributed by atoms with Gasteiger partial charge in [0, 0.05) is 31.2 Å². The van der Waals surface area contributed by atoms with Crippen LogP contribution in [0.25, 0.3) is 5.57 Å². The summed E-state index contributed by atoms with van der Waals surface area (Å²) in [5.41, 5.74) is 3.26. The molecule has 0 bridgehead atoms. The first-order valence-corrected chi connectivity index (χ1v) is 11.8. The van der Waals surface area contributed by atoms with E-state index < -0.39 is 0 Å². The van der Waals surface area contributed by atoms with E-state index in [1.54, 1.807) is 0 Å². The lowest BCUT2D eigenvalue weighted by atomic mass is 9.44. The molecule has 160 valence electrons. The molecule has 1 spiro atoms. The van der Waals surface area contributed by atoms with E-state index >= 15 is 0 Å². The molecule has 4 aliphatic carbocycles. The first kappa shape index (κ1) is 19.0. The van der Waals surface area contributed by atoms with E-state index in [1.807, 2.05) is 12.4 Å². The molecule has 1 aliphatic heterocycles. The molecule has 0 aromatic carbocycles. The summed E-state index contributed by atoms with van der Waals surface area (Å²) in [6.45, 7) is 6.54. The molecule has 1 aromatic heterocycles. The predicted molar refractivity (Wildman–Crippen MR) is 114 cm³/mol. The second-order valence-corrected chi connectivity index (χ2v) is 11.1. The van der Waals surface area contributed by atoms with Crippen LogP contribution in [0.5, 0.6) is 0 Å². The van der Waals surface area contributed by atoms with Crippen LogP contribution in [0.15, 0.2) is 30.6 Å². The second-order valence-electron chi connectivity index (χ2n) is 11.1. The van der Waals surface area contributed by atoms with Gasteiger partial charge in [-0.1, -0.05) is 26.0 Å². The summed E-state index contributed by atoms with van der Waals surface area (Å²) < 4.78 is 12.2. The Kier molecular flexibility index (Phi) is 3.92. The molecule has 4 heteroatoms. The number of rotatable bonds is 2. The topological polar surface area (TPSA) is 51.7 Å². The molecule has 0 radical (unpaired) electrons. The highest BCUT2D eigenvalue weighted by molar-refractivity contribution is 5.72. The Morgan fingerprint density at radius 2 is 2.10 bits per heavy atom. The molecule has 30 heavy (non-hydrogen) atoms. The standard InChI is InChI=1S/C26H33NO3/c1-16(28)29-18-8-11-25(3)22-9-10-24(2)20(17-5-4-12-27-15-17)6-7-21(24)19(22)13-23-26(25,14-18)30-23/h4-6,12,15,18-19,21-23H,7-11,13-14H2,1-3H3/t18?,19?,21?,22?,23?,24-,25-,26?/m1/s1. The van der Waals surface area contributed by atoms with Crippen molar-refractivity contribution in [1.82, 2.24) is 4.98 Å². The third-order valence-electron chi connectivity index (χ3n) is 9.93. The predicted octanol–water partition coefficient (Wildman–Crippen LogP) is 5.18. The van der Waals surface area contributed by atoms with Gasteiger partial charge in [0.25, 0.3) is 0 Å². The van der Waals surface area contributed by atoms with Gasteiger partial charge in [-0.2, -0.15) is 0 Å². The number of allylic oxidation sites excluding steroid dienone is 2. The number of esters is 1. The monoisotopic (exact) mass is 407 g/mol. The van der Waals surface area contributed by atoms with Gasteiger partial charge >= 0.3 is 5.97 Å². The van der Waals surface area contributed by atoms with Crippen molar-refractivity contribution in [2.75, 3.05) is 0 Å². The molecule has 0 N–H and O–H groups in total. The van der Waals surface area contributed by atoms with E-state index in [4.69, 9.17) is 9.47 Å². The quantitative estimate of drug-likeness (QED) is 0.501. The molecule has 6 unspecified atom stereocenters. The third kappa shape index (κ3) is 2.37. The van der Waals surface area contributed by atoms with E-state index in [0.717, 1.165) is 25.2 Å². The lowest BCUT2D eigenvalue weighted by Gasteiger charge is -2.59. The normalized spacial score (nSPS) is 48.5. The van der Waals surface area contributed by atoms with Crippen molar-refractivity contribution in [3.8, 4) is 0 Å². The summed E-state index contributed by atoms with van der Waals surface area (Å²) in [5.74, 6) is 2.00. The fourth-order valence-electron chi connectivity index (χ4n) is 8.51. The lowest BCUT2D eigenvalue weighted by molar-refractivity contribution is -0.156. The number of fused-ring (bicyclic) bond motifs is 4. The van der Waals surface area contributed by atoms with Crippen molar-refractivity contribution in [3.63, 3.8) is 0 Å². The summed E-state index contributed by atoms with van der Waals surface area (Å²) in [4.78, 5) is 15.9. The molecule has 1 aromatic rings. The minimum absolute atomic E-state index is 0.0383. The summed E-state index contributed by atoms with van der Waals surface area (Å²) in [7, 11) is 0. The van der Waals surface area contributed by atoms with Gasteiger partial charge in [-0.05, 0) is 78.9 Å². The smallest absolute Gasteiger partial charge is 0.302 e. The van der Waals surface area contributed by atoms with Crippen LogP contribution in [-0.2, 0) is 14.3 Å². The minimum Gasteiger partial charge on any atom is -0.462 e. The number of epoxide rings is 1. The van der Waals surface area contributed by atoms with Crippen LogP contribution in [-0.4, -0.2) is 28.8 Å². The highest BCUT2D eigenvalue weighted by Gasteiger charge is 2.76. The second kappa shape index (κ2) is 6.18. The van der Waals surface area contributed by atoms with Crippen LogP contribution in [0.1, 0.15) is 71.3 Å². The Labute approximate surface area is 179 Å². The Morgan fingerprint density at radius 1 is 1.23 bits per heavy atom. The van der Waals surface area contributed by atoms with Gasteiger partial charge in [-0.15, -0.1) is 0 Å². The molecule has 8 atom stereocenters. The van der Waals surface area contributed by atoms with E-state index in [-0.39, 0.29) is 28.5 Å². The van der Waals surface area contributed by atoms with Crippen molar-refractivity contribution in [3.05, 3.63) is 36.2 Å². The van der Waals surface area contributed by atoms with E-state index in [2.05, 4.69) is 37.0 Å². The molecule has 4 fully saturated rings. The number of ether oxygens (including phenoxy) is 2. The van der Waals surface area contributed by atoms with Gasteiger partial charge in [-0.25, -0.2) is 0 Å². The van der Waals surface area contributed by atoms with E-state index in [0.29, 0.717) is 17.9 Å². The van der Waals surface area contributed by atoms with Crippen LogP contribution in [0.2, 0.25) is 0 Å². The van der Waals surface area contributed by atoms with Crippen molar-refractivity contribution >= 4 is 11.5 Å². The Balaban J connectivity index is 1.28. The van der Waals surface area contributed by atoms with Crippen LogP contribution < -0.4 is 0 Å². The average molecular weight is 408 g/mol. The van der Waals surface area contributed by atoms with Crippen molar-refractivity contribution < 1.29 is 14.3 Å². The molecule has 1 saturated heterocycles. The van der Waals surface area contributed by atoms with Crippen LogP contribution in [0.4, 0.5) is 0 Å². The van der Waals surface area contributed by atoms with Crippen LogP contribution in [0.3, 0.4) is 0 Å². The number of nitrogens with zero attached hydrogens (tertiary/aromatic N) is 1. The maximum absolute atomic E-state index is 11.5. The molecule has 5 aliphatic rings. The van der Waals surface area contributed by atoms with Crippen molar-refractivity contribution in [2.24, 2.45) is 28.6 Å². The summed E-state index contributed by atoms with van der Waals surface area (Å²) >= 11 is 0. The fraction of sp³-hybridized carbons (Fsp3) is 0.692. The fourth-order valence-corrected chi connectivity index (χ4v) is 8.51. The number of hydrogen-bond donors (Lipinski definition) is 0. The van der Waals surface area contributed by atoms with Crippen molar-refractivity contribution in [2.45, 2.75) is 83.5 Å². The molecule has 6 rings (SSSR count). The number of hydrogen-bond acceptors (Lipinski definition) is 4. The van der Waals surface area contributed by atoms with E-state index in [1.165, 1.54) is 43.7 Å². The van der Waals surface area contributed by atoms with E-state index in [9.17, 15) is 4.79 Å². The third-order valence-corrected chi connectivity index (χ3v) is 9.93. The largest absolute Gasteiger partial charge is 0.462 e. The van der Waals surface area contributed by atoms with Gasteiger partial charge in [0.05, 0.1) is 6.10 Å². The number of carbonyl (C=O) groups is 1. The first-order chi connectivity index (χ1) is 14.4. The molecule has 3 saturated carbocycles. The van der Waals surface area contributed by atoms with Crippen LogP contribution >= 0.6 is 0 Å². The Bertz CT molecular complexity index is 912. The summed E-state index contributed by atoms with van der Waals surface area (Å²) in [6, 6.07) is 4.29. The summed E-state index contributed by atoms with van der Waals surface area (Å²) in [6.07, 6.45) is 14.7. The molecule has 2 heterocycles. The molecule has 4 nitrogen and oxygen atoms in total. The van der Waals surface area contributed by atoms with Gasteiger partial charge in [0.1, 0.15) is 11.7 Å². The Morgan fingerprint density at radius 3 is 2.87 bits per heavy atom. The Hall–Kier alpha value is -1.68.